The van der Waals surface area contributed by atoms with Gasteiger partial charge >= 0.3 is 0 Å². The van der Waals surface area contributed by atoms with Crippen molar-refractivity contribution < 1.29 is 0 Å². The second kappa shape index (κ2) is 10.0. The van der Waals surface area contributed by atoms with Gasteiger partial charge in [-0.3, -0.25) is 0 Å². The van der Waals surface area contributed by atoms with Crippen LogP contribution in [0, 0.1) is 47.3 Å². The average Bonchev–Trinajstić information content (AvgIpc) is 2.78. The second-order valence-electron chi connectivity index (χ2n) is 12.4. The van der Waals surface area contributed by atoms with E-state index < -0.39 is 0 Å². The fourth-order valence-corrected chi connectivity index (χ4v) is 8.49. The maximum Gasteiger partial charge on any atom is 0.0439 e. The van der Waals surface area contributed by atoms with Crippen LogP contribution in [0.4, 0.5) is 0 Å². The van der Waals surface area contributed by atoms with Crippen molar-refractivity contribution in [2.75, 3.05) is 0 Å². The first-order valence-electron chi connectivity index (χ1n) is 14.3. The number of allylic oxidation sites excluding steroid dienone is 2. The van der Waals surface area contributed by atoms with Crippen LogP contribution >= 0.6 is 0 Å². The van der Waals surface area contributed by atoms with Gasteiger partial charge in [0.05, 0.1) is 0 Å². The van der Waals surface area contributed by atoms with Crippen LogP contribution in [-0.4, -0.2) is 6.04 Å². The van der Waals surface area contributed by atoms with Crippen molar-refractivity contribution in [2.24, 2.45) is 47.3 Å². The first-order valence-corrected chi connectivity index (χ1v) is 14.3. The monoisotopic (exact) mass is 423 g/mol. The number of rotatable bonds is 2. The molecule has 0 aromatic heterocycles. The summed E-state index contributed by atoms with van der Waals surface area (Å²) in [5.74, 6) is 7.93. The normalized spacial score (nSPS) is 48.3. The maximum atomic E-state index is 3.98. The molecule has 9 unspecified atom stereocenters. The minimum absolute atomic E-state index is 0.556. The standard InChI is InChI=1S/C30H49N/c1-21-12-15-23-8-5-3-4-6-10-26(23)24(16-13-21)20-31-25-9-7-11-28-27-18-19-29(27)30(28)22(2)14-17-25/h7,9,20-23,25-31H,3-6,8,10-19H2,1-2H3/b9-7-,24-20+. The highest BCUT2D eigenvalue weighted by atomic mass is 14.9. The summed E-state index contributed by atoms with van der Waals surface area (Å²) in [7, 11) is 0. The zero-order valence-corrected chi connectivity index (χ0v) is 20.5. The van der Waals surface area contributed by atoms with Crippen LogP contribution in [0.2, 0.25) is 0 Å². The second-order valence-corrected chi connectivity index (χ2v) is 12.4. The molecule has 4 fully saturated rings. The zero-order valence-electron chi connectivity index (χ0n) is 20.5. The molecule has 174 valence electrons. The van der Waals surface area contributed by atoms with E-state index >= 15 is 0 Å². The molecule has 0 spiro atoms. The van der Waals surface area contributed by atoms with Crippen molar-refractivity contribution in [3.05, 3.63) is 23.9 Å². The molecule has 4 saturated carbocycles. The lowest BCUT2D eigenvalue weighted by atomic mass is 9.43. The van der Waals surface area contributed by atoms with Crippen molar-refractivity contribution in [1.82, 2.24) is 5.32 Å². The maximum absolute atomic E-state index is 3.98. The highest BCUT2D eigenvalue weighted by Crippen LogP contribution is 2.62. The fraction of sp³-hybridized carbons (Fsp3) is 0.867. The summed E-state index contributed by atoms with van der Waals surface area (Å²) in [6, 6.07) is 0.556. The molecule has 0 aromatic rings. The molecule has 0 amide bonds. The van der Waals surface area contributed by atoms with Crippen LogP contribution in [0.5, 0.6) is 0 Å². The van der Waals surface area contributed by atoms with Crippen molar-refractivity contribution in [1.29, 1.82) is 0 Å². The Bertz CT molecular complexity index is 647. The van der Waals surface area contributed by atoms with E-state index in [0.717, 1.165) is 47.3 Å². The fourth-order valence-electron chi connectivity index (χ4n) is 8.49. The van der Waals surface area contributed by atoms with E-state index in [1.54, 1.807) is 5.57 Å². The van der Waals surface area contributed by atoms with E-state index in [1.807, 2.05) is 0 Å². The van der Waals surface area contributed by atoms with Gasteiger partial charge < -0.3 is 5.32 Å². The van der Waals surface area contributed by atoms with E-state index in [1.165, 1.54) is 96.3 Å². The lowest BCUT2D eigenvalue weighted by molar-refractivity contribution is -0.126. The van der Waals surface area contributed by atoms with Gasteiger partial charge in [-0.15, -0.1) is 0 Å². The summed E-state index contributed by atoms with van der Waals surface area (Å²) >= 11 is 0. The molecule has 9 atom stereocenters. The number of nitrogens with one attached hydrogen (secondary N) is 1. The molecule has 5 aliphatic carbocycles. The van der Waals surface area contributed by atoms with Gasteiger partial charge in [0.2, 0.25) is 0 Å². The zero-order chi connectivity index (χ0) is 21.2. The van der Waals surface area contributed by atoms with E-state index in [-0.39, 0.29) is 0 Å². The van der Waals surface area contributed by atoms with Gasteiger partial charge in [-0.2, -0.15) is 0 Å². The Labute approximate surface area is 192 Å². The molecule has 5 aliphatic rings. The van der Waals surface area contributed by atoms with E-state index in [4.69, 9.17) is 0 Å². The first-order chi connectivity index (χ1) is 15.2. The molecule has 0 radical (unpaired) electrons. The van der Waals surface area contributed by atoms with Gasteiger partial charge in [0.25, 0.3) is 0 Å². The van der Waals surface area contributed by atoms with Crippen LogP contribution in [0.1, 0.15) is 110 Å². The van der Waals surface area contributed by atoms with Crippen LogP contribution in [0.15, 0.2) is 23.9 Å². The van der Waals surface area contributed by atoms with Crippen LogP contribution in [0.25, 0.3) is 0 Å². The molecular weight excluding hydrogens is 374 g/mol. The van der Waals surface area contributed by atoms with Crippen LogP contribution in [0.3, 0.4) is 0 Å². The molecule has 0 aromatic carbocycles. The minimum atomic E-state index is 0.556. The van der Waals surface area contributed by atoms with Gasteiger partial charge in [0.1, 0.15) is 0 Å². The van der Waals surface area contributed by atoms with Crippen LogP contribution < -0.4 is 5.32 Å². The number of fused-ring (bicyclic) bond motifs is 5. The summed E-state index contributed by atoms with van der Waals surface area (Å²) < 4.78 is 0. The molecule has 0 heterocycles. The van der Waals surface area contributed by atoms with E-state index in [0.29, 0.717) is 6.04 Å². The third kappa shape index (κ3) is 4.81. The largest absolute Gasteiger partial charge is 0.385 e. The quantitative estimate of drug-likeness (QED) is 0.441. The molecule has 0 bridgehead atoms. The van der Waals surface area contributed by atoms with Crippen molar-refractivity contribution in [3.8, 4) is 0 Å². The van der Waals surface area contributed by atoms with Crippen molar-refractivity contribution >= 4 is 0 Å². The molecule has 1 heteroatoms. The Morgan fingerprint density at radius 3 is 2.45 bits per heavy atom. The summed E-state index contributed by atoms with van der Waals surface area (Å²) in [6.45, 7) is 5.07. The molecule has 0 saturated heterocycles. The number of hydrogen-bond acceptors (Lipinski definition) is 1. The highest BCUT2D eigenvalue weighted by molar-refractivity contribution is 5.13. The van der Waals surface area contributed by atoms with Gasteiger partial charge in [-0.1, -0.05) is 63.7 Å². The third-order valence-electron chi connectivity index (χ3n) is 10.6. The minimum Gasteiger partial charge on any atom is -0.385 e. The summed E-state index contributed by atoms with van der Waals surface area (Å²) in [5.41, 5.74) is 1.79. The van der Waals surface area contributed by atoms with Gasteiger partial charge in [-0.05, 0) is 118 Å². The summed E-state index contributed by atoms with van der Waals surface area (Å²) in [4.78, 5) is 0. The Kier molecular flexibility index (Phi) is 7.16. The molecule has 1 N–H and O–H groups in total. The smallest absolute Gasteiger partial charge is 0.0439 e. The average molecular weight is 424 g/mol. The lowest BCUT2D eigenvalue weighted by Crippen LogP contribution is -2.55. The predicted molar refractivity (Wildman–Crippen MR) is 133 cm³/mol. The third-order valence-corrected chi connectivity index (χ3v) is 10.6. The van der Waals surface area contributed by atoms with Gasteiger partial charge in [0.15, 0.2) is 0 Å². The summed E-state index contributed by atoms with van der Waals surface area (Å²) in [6.07, 6.45) is 29.3. The Hall–Kier alpha value is -0.720. The van der Waals surface area contributed by atoms with Gasteiger partial charge in [0, 0.05) is 6.04 Å². The topological polar surface area (TPSA) is 12.0 Å². The van der Waals surface area contributed by atoms with Crippen molar-refractivity contribution in [2.45, 2.75) is 116 Å². The predicted octanol–water partition coefficient (Wildman–Crippen LogP) is 8.27. The molecule has 0 aliphatic heterocycles. The lowest BCUT2D eigenvalue weighted by Gasteiger charge is -2.61. The molecule has 31 heavy (non-hydrogen) atoms. The molecule has 5 rings (SSSR count). The Morgan fingerprint density at radius 2 is 1.61 bits per heavy atom. The van der Waals surface area contributed by atoms with Crippen molar-refractivity contribution in [3.63, 3.8) is 0 Å². The Morgan fingerprint density at radius 1 is 0.774 bits per heavy atom. The molecular formula is C30H49N. The van der Waals surface area contributed by atoms with Crippen LogP contribution in [-0.2, 0) is 0 Å². The van der Waals surface area contributed by atoms with E-state index in [9.17, 15) is 0 Å². The highest BCUT2D eigenvalue weighted by Gasteiger charge is 2.55. The Balaban J connectivity index is 1.26. The summed E-state index contributed by atoms with van der Waals surface area (Å²) in [5, 5.41) is 3.98. The molecule has 1 nitrogen and oxygen atoms in total. The SMILES string of the molecule is CC1CC/C(=C\NC2/C=C\CC3C4CCC4C3C(C)CC2)C2CCCCCCC2CC1. The number of hydrogen-bond donors (Lipinski definition) is 1. The first kappa shape index (κ1) is 22.1. The van der Waals surface area contributed by atoms with Gasteiger partial charge in [-0.25, -0.2) is 0 Å². The van der Waals surface area contributed by atoms with E-state index in [2.05, 4.69) is 37.5 Å².